The van der Waals surface area contributed by atoms with Gasteiger partial charge in [-0.15, -0.1) is 5.10 Å². The van der Waals surface area contributed by atoms with E-state index < -0.39 is 5.91 Å². The first-order valence-electron chi connectivity index (χ1n) is 9.53. The number of nitrogens with one attached hydrogen (secondary N) is 1. The third-order valence-electron chi connectivity index (χ3n) is 4.15. The molecule has 0 aliphatic carbocycles. The Kier molecular flexibility index (Phi) is 8.68. The third kappa shape index (κ3) is 6.68. The van der Waals surface area contributed by atoms with Gasteiger partial charge in [0.05, 0.1) is 17.3 Å². The van der Waals surface area contributed by atoms with Crippen molar-refractivity contribution in [3.8, 4) is 17.2 Å². The predicted octanol–water partition coefficient (Wildman–Crippen LogP) is 2.57. The van der Waals surface area contributed by atoms with Gasteiger partial charge in [-0.25, -0.2) is 0 Å². The molecule has 1 heterocycles. The Morgan fingerprint density at radius 2 is 2.10 bits per heavy atom. The number of aromatic nitrogens is 4. The predicted molar refractivity (Wildman–Crippen MR) is 122 cm³/mol. The van der Waals surface area contributed by atoms with E-state index in [-0.39, 0.29) is 6.61 Å². The Hall–Kier alpha value is -2.63. The van der Waals surface area contributed by atoms with Crippen molar-refractivity contribution >= 4 is 33.6 Å². The van der Waals surface area contributed by atoms with Crippen LogP contribution in [0.2, 0.25) is 0 Å². The van der Waals surface area contributed by atoms with Crippen LogP contribution in [-0.2, 0) is 11.3 Å². The van der Waals surface area contributed by atoms with Gasteiger partial charge in [0.25, 0.3) is 5.91 Å². The average molecular weight is 507 g/mol. The number of nitrogens with two attached hydrogens (primary N) is 1. The van der Waals surface area contributed by atoms with Gasteiger partial charge in [0, 0.05) is 12.3 Å². The summed E-state index contributed by atoms with van der Waals surface area (Å²) in [5, 5.41) is 16.1. The molecule has 31 heavy (non-hydrogen) atoms. The van der Waals surface area contributed by atoms with Crippen molar-refractivity contribution in [3.63, 3.8) is 0 Å². The maximum absolute atomic E-state index is 11.0. The van der Waals surface area contributed by atoms with Crippen molar-refractivity contribution < 1.29 is 14.3 Å². The number of hydrogen-bond donors (Lipinski definition) is 2. The lowest BCUT2D eigenvalue weighted by Crippen LogP contribution is -2.20. The third-order valence-corrected chi connectivity index (χ3v) is 5.74. The minimum Gasteiger partial charge on any atom is -0.493 e. The quantitative estimate of drug-likeness (QED) is 0.284. The number of primary amides is 1. The second-order valence-electron chi connectivity index (χ2n) is 6.45. The van der Waals surface area contributed by atoms with E-state index in [1.807, 2.05) is 42.5 Å². The minimum absolute atomic E-state index is 0.211. The summed E-state index contributed by atoms with van der Waals surface area (Å²) in [4.78, 5) is 11.0. The zero-order valence-electron chi connectivity index (χ0n) is 17.0. The zero-order valence-corrected chi connectivity index (χ0v) is 19.4. The SMILES string of the molecule is COc1cc(CNCCCSc2nnnn2-c2ccccc2)cc(Br)c1OCC(N)=O. The van der Waals surface area contributed by atoms with E-state index in [1.165, 1.54) is 0 Å². The second kappa shape index (κ2) is 11.7. The number of thioether (sulfide) groups is 1. The molecule has 3 N–H and O–H groups in total. The molecule has 164 valence electrons. The van der Waals surface area contributed by atoms with Crippen LogP contribution in [0.4, 0.5) is 0 Å². The molecule has 0 fully saturated rings. The van der Waals surface area contributed by atoms with Crippen LogP contribution >= 0.6 is 27.7 Å². The highest BCUT2D eigenvalue weighted by Gasteiger charge is 2.13. The summed E-state index contributed by atoms with van der Waals surface area (Å²) >= 11 is 5.08. The smallest absolute Gasteiger partial charge is 0.255 e. The lowest BCUT2D eigenvalue weighted by Gasteiger charge is -2.14. The summed E-state index contributed by atoms with van der Waals surface area (Å²) in [7, 11) is 1.55. The summed E-state index contributed by atoms with van der Waals surface area (Å²) in [6, 6.07) is 13.6. The normalized spacial score (nSPS) is 10.8. The van der Waals surface area contributed by atoms with E-state index in [2.05, 4.69) is 36.8 Å². The summed E-state index contributed by atoms with van der Waals surface area (Å²) in [6.45, 7) is 1.29. The van der Waals surface area contributed by atoms with Crippen molar-refractivity contribution in [2.75, 3.05) is 26.0 Å². The first kappa shape index (κ1) is 23.0. The number of tetrazole rings is 1. The lowest BCUT2D eigenvalue weighted by molar-refractivity contribution is -0.119. The fourth-order valence-electron chi connectivity index (χ4n) is 2.75. The lowest BCUT2D eigenvalue weighted by atomic mass is 10.2. The van der Waals surface area contributed by atoms with Gasteiger partial charge in [-0.05, 0) is 69.2 Å². The molecule has 0 atom stereocenters. The number of hydrogen-bond acceptors (Lipinski definition) is 8. The first-order chi connectivity index (χ1) is 15.1. The fraction of sp³-hybridized carbons (Fsp3) is 0.300. The number of carbonyl (C=O) groups is 1. The van der Waals surface area contributed by atoms with E-state index in [9.17, 15) is 4.79 Å². The first-order valence-corrected chi connectivity index (χ1v) is 11.3. The highest BCUT2D eigenvalue weighted by atomic mass is 79.9. The highest BCUT2D eigenvalue weighted by Crippen LogP contribution is 2.36. The monoisotopic (exact) mass is 506 g/mol. The number of amides is 1. The van der Waals surface area contributed by atoms with Crippen molar-refractivity contribution in [2.45, 2.75) is 18.1 Å². The Morgan fingerprint density at radius 1 is 1.29 bits per heavy atom. The summed E-state index contributed by atoms with van der Waals surface area (Å²) < 4.78 is 13.2. The molecular weight excluding hydrogens is 484 g/mol. The van der Waals surface area contributed by atoms with Crippen LogP contribution in [0, 0.1) is 0 Å². The van der Waals surface area contributed by atoms with Crippen LogP contribution in [0.5, 0.6) is 11.5 Å². The average Bonchev–Trinajstić information content (AvgIpc) is 3.24. The fourth-order valence-corrected chi connectivity index (χ4v) is 4.19. The van der Waals surface area contributed by atoms with Gasteiger partial charge in [0.2, 0.25) is 5.16 Å². The molecule has 0 saturated heterocycles. The Morgan fingerprint density at radius 3 is 2.84 bits per heavy atom. The molecule has 0 aliphatic heterocycles. The summed E-state index contributed by atoms with van der Waals surface area (Å²) in [5.74, 6) is 1.33. The van der Waals surface area contributed by atoms with Crippen LogP contribution < -0.4 is 20.5 Å². The van der Waals surface area contributed by atoms with Gasteiger partial charge in [-0.3, -0.25) is 4.79 Å². The maximum atomic E-state index is 11.0. The molecule has 0 aliphatic rings. The molecule has 0 bridgehead atoms. The zero-order chi connectivity index (χ0) is 22.1. The number of benzene rings is 2. The molecule has 11 heteroatoms. The van der Waals surface area contributed by atoms with Crippen molar-refractivity contribution in [3.05, 3.63) is 52.5 Å². The summed E-state index contributed by atoms with van der Waals surface area (Å²) in [6.07, 6.45) is 0.949. The van der Waals surface area contributed by atoms with E-state index in [4.69, 9.17) is 15.2 Å². The number of para-hydroxylation sites is 1. The van der Waals surface area contributed by atoms with Crippen molar-refractivity contribution in [2.24, 2.45) is 5.73 Å². The van der Waals surface area contributed by atoms with Gasteiger partial charge in [0.15, 0.2) is 18.1 Å². The number of methoxy groups -OCH3 is 1. The van der Waals surface area contributed by atoms with Crippen molar-refractivity contribution in [1.82, 2.24) is 25.5 Å². The van der Waals surface area contributed by atoms with Gasteiger partial charge >= 0.3 is 0 Å². The van der Waals surface area contributed by atoms with Crippen LogP contribution in [0.1, 0.15) is 12.0 Å². The molecule has 0 saturated carbocycles. The topological polar surface area (TPSA) is 117 Å². The molecule has 0 radical (unpaired) electrons. The molecule has 3 aromatic rings. The Bertz CT molecular complexity index is 1000. The molecule has 0 spiro atoms. The van der Waals surface area contributed by atoms with E-state index in [0.29, 0.717) is 22.5 Å². The molecule has 2 aromatic carbocycles. The standard InChI is InChI=1S/C20H23BrN6O3S/c1-29-17-11-14(10-16(21)19(17)30-13-18(22)28)12-23-8-5-9-31-20-24-25-26-27(20)15-6-3-2-4-7-15/h2-4,6-7,10-11,23H,5,8-9,12-13H2,1H3,(H2,22,28). The molecular formula is C20H23BrN6O3S. The number of rotatable bonds is 12. The minimum atomic E-state index is -0.546. The Balaban J connectivity index is 1.45. The maximum Gasteiger partial charge on any atom is 0.255 e. The Labute approximate surface area is 192 Å². The van der Waals surface area contributed by atoms with E-state index in [1.54, 1.807) is 23.6 Å². The van der Waals surface area contributed by atoms with E-state index >= 15 is 0 Å². The molecule has 1 amide bonds. The molecule has 9 nitrogen and oxygen atoms in total. The largest absolute Gasteiger partial charge is 0.493 e. The number of carbonyl (C=O) groups excluding carboxylic acids is 1. The number of halogens is 1. The van der Waals surface area contributed by atoms with Gasteiger partial charge in [0.1, 0.15) is 0 Å². The summed E-state index contributed by atoms with van der Waals surface area (Å²) in [5.41, 5.74) is 7.11. The second-order valence-corrected chi connectivity index (χ2v) is 8.37. The number of ether oxygens (including phenoxy) is 2. The molecule has 0 unspecified atom stereocenters. The highest BCUT2D eigenvalue weighted by molar-refractivity contribution is 9.10. The van der Waals surface area contributed by atoms with Crippen LogP contribution in [0.3, 0.4) is 0 Å². The van der Waals surface area contributed by atoms with E-state index in [0.717, 1.165) is 35.1 Å². The van der Waals surface area contributed by atoms with Crippen LogP contribution in [-0.4, -0.2) is 52.1 Å². The molecule has 1 aromatic heterocycles. The van der Waals surface area contributed by atoms with Crippen molar-refractivity contribution in [1.29, 1.82) is 0 Å². The van der Waals surface area contributed by atoms with Crippen LogP contribution in [0.15, 0.2) is 52.1 Å². The van der Waals surface area contributed by atoms with Gasteiger partial charge in [-0.1, -0.05) is 30.0 Å². The van der Waals surface area contributed by atoms with Gasteiger partial charge < -0.3 is 20.5 Å². The number of nitrogens with zero attached hydrogens (tertiary/aromatic N) is 4. The molecule has 3 rings (SSSR count). The van der Waals surface area contributed by atoms with Gasteiger partial charge in [-0.2, -0.15) is 4.68 Å². The van der Waals surface area contributed by atoms with Crippen LogP contribution in [0.25, 0.3) is 5.69 Å².